The summed E-state index contributed by atoms with van der Waals surface area (Å²) in [5.41, 5.74) is 2.63. The first-order chi connectivity index (χ1) is 8.37. The van der Waals surface area contributed by atoms with Gasteiger partial charge < -0.3 is 5.32 Å². The molecular weight excluding hydrogens is 330 g/mol. The maximum absolute atomic E-state index is 6.19. The Kier molecular flexibility index (Phi) is 4.56. The minimum absolute atomic E-state index is 0.418. The Hall–Kier alpha value is 0.140. The van der Waals surface area contributed by atoms with E-state index >= 15 is 0 Å². The second kappa shape index (κ2) is 5.64. The second-order valence-electron chi connectivity index (χ2n) is 5.81. The van der Waals surface area contributed by atoms with Gasteiger partial charge in [0.25, 0.3) is 0 Å². The summed E-state index contributed by atoms with van der Waals surface area (Å²) in [5.74, 6) is 2.42. The van der Waals surface area contributed by atoms with E-state index in [1.807, 2.05) is 24.8 Å². The Balaban J connectivity index is 2.12. The van der Waals surface area contributed by atoms with Crippen LogP contribution in [0.1, 0.15) is 25.8 Å². The van der Waals surface area contributed by atoms with E-state index in [9.17, 15) is 0 Å². The van der Waals surface area contributed by atoms with E-state index in [-0.39, 0.29) is 0 Å². The van der Waals surface area contributed by atoms with Gasteiger partial charge in [0.2, 0.25) is 0 Å². The van der Waals surface area contributed by atoms with E-state index in [2.05, 4.69) is 41.2 Å². The van der Waals surface area contributed by atoms with Crippen LogP contribution in [-0.4, -0.2) is 17.5 Å². The van der Waals surface area contributed by atoms with Gasteiger partial charge in [-0.1, -0.05) is 25.4 Å². The van der Waals surface area contributed by atoms with Gasteiger partial charge >= 0.3 is 0 Å². The lowest BCUT2D eigenvalue weighted by Gasteiger charge is -2.35. The molecule has 1 nitrogen and oxygen atoms in total. The van der Waals surface area contributed by atoms with Gasteiger partial charge in [-0.2, -0.15) is 11.8 Å². The maximum Gasteiger partial charge on any atom is 0.0502 e. The second-order valence-corrected chi connectivity index (χ2v) is 8.10. The molecule has 2 rings (SSSR count). The van der Waals surface area contributed by atoms with Crippen molar-refractivity contribution in [1.82, 2.24) is 0 Å². The standard InChI is InChI=1S/C14H19BrClNS/c1-9-4-11(15)13(5-12(9)16)17-10-6-14(2,3)8-18-7-10/h4-5,10,17H,6-8H2,1-3H3. The van der Waals surface area contributed by atoms with Crippen LogP contribution in [-0.2, 0) is 0 Å². The summed E-state index contributed by atoms with van der Waals surface area (Å²) in [6.45, 7) is 6.70. The third kappa shape index (κ3) is 3.58. The molecule has 1 N–H and O–H groups in total. The molecule has 1 aliphatic heterocycles. The predicted molar refractivity (Wildman–Crippen MR) is 87.0 cm³/mol. The minimum Gasteiger partial charge on any atom is -0.381 e. The molecule has 4 heteroatoms. The summed E-state index contributed by atoms with van der Waals surface area (Å²) in [5, 5.41) is 4.44. The Bertz CT molecular complexity index is 448. The topological polar surface area (TPSA) is 12.0 Å². The van der Waals surface area contributed by atoms with Crippen LogP contribution in [0.5, 0.6) is 0 Å². The lowest BCUT2D eigenvalue weighted by atomic mass is 9.88. The largest absolute Gasteiger partial charge is 0.381 e. The zero-order valence-corrected chi connectivity index (χ0v) is 14.2. The highest BCUT2D eigenvalue weighted by Crippen LogP contribution is 2.36. The fourth-order valence-electron chi connectivity index (χ4n) is 2.33. The third-order valence-corrected chi connectivity index (χ3v) is 5.91. The van der Waals surface area contributed by atoms with E-state index in [1.54, 1.807) is 0 Å². The van der Waals surface area contributed by atoms with Crippen LogP contribution < -0.4 is 5.32 Å². The van der Waals surface area contributed by atoms with Crippen LogP contribution in [0.25, 0.3) is 0 Å². The zero-order chi connectivity index (χ0) is 13.3. The molecular formula is C14H19BrClNS. The molecule has 0 aliphatic carbocycles. The van der Waals surface area contributed by atoms with Crippen molar-refractivity contribution < 1.29 is 0 Å². The van der Waals surface area contributed by atoms with Crippen LogP contribution in [0.2, 0.25) is 5.02 Å². The van der Waals surface area contributed by atoms with E-state index in [0.29, 0.717) is 11.5 Å². The number of thioether (sulfide) groups is 1. The third-order valence-electron chi connectivity index (χ3n) is 3.22. The number of aryl methyl sites for hydroxylation is 1. The van der Waals surface area contributed by atoms with Crippen molar-refractivity contribution in [2.45, 2.75) is 33.2 Å². The van der Waals surface area contributed by atoms with Gasteiger partial charge in [-0.05, 0) is 58.1 Å². The molecule has 0 saturated carbocycles. The van der Waals surface area contributed by atoms with Crippen LogP contribution in [0.4, 0.5) is 5.69 Å². The van der Waals surface area contributed by atoms with Crippen molar-refractivity contribution in [3.8, 4) is 0 Å². The van der Waals surface area contributed by atoms with Gasteiger partial charge in [0, 0.05) is 21.3 Å². The average Bonchev–Trinajstić information content (AvgIpc) is 2.24. The molecule has 1 fully saturated rings. The highest BCUT2D eigenvalue weighted by Gasteiger charge is 2.28. The summed E-state index contributed by atoms with van der Waals surface area (Å²) in [7, 11) is 0. The molecule has 0 spiro atoms. The maximum atomic E-state index is 6.19. The van der Waals surface area contributed by atoms with E-state index in [0.717, 1.165) is 20.7 Å². The highest BCUT2D eigenvalue weighted by atomic mass is 79.9. The lowest BCUT2D eigenvalue weighted by molar-refractivity contribution is 0.358. The monoisotopic (exact) mass is 347 g/mol. The molecule has 0 aromatic heterocycles. The minimum atomic E-state index is 0.418. The van der Waals surface area contributed by atoms with Crippen LogP contribution in [0, 0.1) is 12.3 Å². The molecule has 100 valence electrons. The van der Waals surface area contributed by atoms with Gasteiger partial charge in [0.05, 0.1) is 5.69 Å². The number of anilines is 1. The van der Waals surface area contributed by atoms with Gasteiger partial charge in [-0.15, -0.1) is 0 Å². The number of halogens is 2. The van der Waals surface area contributed by atoms with E-state index in [1.165, 1.54) is 17.9 Å². The molecule has 18 heavy (non-hydrogen) atoms. The zero-order valence-electron chi connectivity index (χ0n) is 11.0. The predicted octanol–water partition coefficient (Wildman–Crippen LogP) is 5.35. The summed E-state index contributed by atoms with van der Waals surface area (Å²) in [6, 6.07) is 4.62. The summed E-state index contributed by atoms with van der Waals surface area (Å²) in [4.78, 5) is 0. The molecule has 1 unspecified atom stereocenters. The Morgan fingerprint density at radius 1 is 1.44 bits per heavy atom. The van der Waals surface area contributed by atoms with E-state index < -0.39 is 0 Å². The SMILES string of the molecule is Cc1cc(Br)c(NC2CSCC(C)(C)C2)cc1Cl. The average molecular weight is 349 g/mol. The van der Waals surface area contributed by atoms with Gasteiger partial charge in [0.1, 0.15) is 0 Å². The normalized spacial score (nSPS) is 22.8. The van der Waals surface area contributed by atoms with Crippen molar-refractivity contribution >= 4 is 45.0 Å². The van der Waals surface area contributed by atoms with Gasteiger partial charge in [-0.3, -0.25) is 0 Å². The summed E-state index contributed by atoms with van der Waals surface area (Å²) in [6.07, 6.45) is 1.21. The molecule has 1 heterocycles. The number of benzene rings is 1. The van der Waals surface area contributed by atoms with Gasteiger partial charge in [0.15, 0.2) is 0 Å². The highest BCUT2D eigenvalue weighted by molar-refractivity contribution is 9.10. The quantitative estimate of drug-likeness (QED) is 0.772. The van der Waals surface area contributed by atoms with Crippen molar-refractivity contribution in [2.75, 3.05) is 16.8 Å². The summed E-state index contributed by atoms with van der Waals surface area (Å²) < 4.78 is 1.10. The first-order valence-corrected chi connectivity index (χ1v) is 8.50. The van der Waals surface area contributed by atoms with Crippen LogP contribution in [0.3, 0.4) is 0 Å². The number of hydrogen-bond acceptors (Lipinski definition) is 2. The molecule has 1 aliphatic rings. The smallest absolute Gasteiger partial charge is 0.0502 e. The molecule has 0 bridgehead atoms. The Morgan fingerprint density at radius 2 is 2.17 bits per heavy atom. The molecule has 1 aromatic rings. The summed E-state index contributed by atoms with van der Waals surface area (Å²) >= 11 is 11.8. The van der Waals surface area contributed by atoms with Crippen LogP contribution in [0.15, 0.2) is 16.6 Å². The van der Waals surface area contributed by atoms with E-state index in [4.69, 9.17) is 11.6 Å². The first kappa shape index (κ1) is 14.5. The molecule has 1 atom stereocenters. The molecule has 0 amide bonds. The van der Waals surface area contributed by atoms with Crippen molar-refractivity contribution in [2.24, 2.45) is 5.41 Å². The van der Waals surface area contributed by atoms with Crippen molar-refractivity contribution in [1.29, 1.82) is 0 Å². The molecule has 0 radical (unpaired) electrons. The Morgan fingerprint density at radius 3 is 2.83 bits per heavy atom. The Labute approximate surface area is 127 Å². The molecule has 1 saturated heterocycles. The first-order valence-electron chi connectivity index (χ1n) is 6.17. The fraction of sp³-hybridized carbons (Fsp3) is 0.571. The number of hydrogen-bond donors (Lipinski definition) is 1. The van der Waals surface area contributed by atoms with Gasteiger partial charge in [-0.25, -0.2) is 0 Å². The fourth-order valence-corrected chi connectivity index (χ4v) is 4.34. The number of rotatable bonds is 2. The lowest BCUT2D eigenvalue weighted by Crippen LogP contribution is -2.35. The molecule has 1 aromatic carbocycles. The van der Waals surface area contributed by atoms with Crippen molar-refractivity contribution in [3.05, 3.63) is 27.2 Å². The van der Waals surface area contributed by atoms with Crippen molar-refractivity contribution in [3.63, 3.8) is 0 Å². The van der Waals surface area contributed by atoms with Crippen LogP contribution >= 0.6 is 39.3 Å². The number of nitrogens with one attached hydrogen (secondary N) is 1.